The molecule has 3 N–H and O–H groups in total. The summed E-state index contributed by atoms with van der Waals surface area (Å²) < 4.78 is 36.8. The first-order valence-corrected chi connectivity index (χ1v) is 13.0. The molecule has 0 aliphatic heterocycles. The van der Waals surface area contributed by atoms with E-state index in [1.165, 1.54) is 12.1 Å². The number of nitrogens with zero attached hydrogens (tertiary/aromatic N) is 2. The van der Waals surface area contributed by atoms with Gasteiger partial charge in [-0.15, -0.1) is 0 Å². The van der Waals surface area contributed by atoms with E-state index in [0.717, 1.165) is 6.07 Å². The van der Waals surface area contributed by atoms with E-state index in [4.69, 9.17) is 33.5 Å². The molecule has 1 amide bonds. The van der Waals surface area contributed by atoms with Crippen LogP contribution >= 0.6 is 0 Å². The van der Waals surface area contributed by atoms with Gasteiger partial charge in [0.05, 0.1) is 95.2 Å². The topological polar surface area (TPSA) is 229 Å². The zero-order valence-corrected chi connectivity index (χ0v) is 23.2. The van der Waals surface area contributed by atoms with Crippen molar-refractivity contribution in [1.82, 2.24) is 5.32 Å². The number of non-ortho nitro benzene ring substituents is 1. The lowest BCUT2D eigenvalue weighted by Crippen LogP contribution is -2.31. The van der Waals surface area contributed by atoms with Crippen molar-refractivity contribution in [3.8, 4) is 0 Å². The molecule has 0 spiro atoms. The van der Waals surface area contributed by atoms with E-state index in [1.807, 2.05) is 0 Å². The lowest BCUT2D eigenvalue weighted by atomic mass is 10.2. The Kier molecular flexibility index (Phi) is 21.0. The van der Waals surface area contributed by atoms with Crippen LogP contribution in [0, 0.1) is 20.2 Å². The lowest BCUT2D eigenvalue weighted by Gasteiger charge is -2.09. The summed E-state index contributed by atoms with van der Waals surface area (Å²) in [6.07, 6.45) is 0. The van der Waals surface area contributed by atoms with Gasteiger partial charge < -0.3 is 48.9 Å². The maximum atomic E-state index is 11.3. The molecule has 0 unspecified atom stereocenters. The fourth-order valence-electron chi connectivity index (χ4n) is 2.94. The second-order valence-electron chi connectivity index (χ2n) is 8.05. The average Bonchev–Trinajstić information content (AvgIpc) is 2.95. The number of nitrogens with one attached hydrogen (secondary N) is 2. The van der Waals surface area contributed by atoms with Gasteiger partial charge in [0.25, 0.3) is 11.4 Å². The molecule has 0 aliphatic carbocycles. The average molecular weight is 607 g/mol. The number of nitro groups is 2. The minimum Gasteiger partial charge on any atom is -0.480 e. The molecule has 0 heterocycles. The molecule has 1 rings (SSSR count). The van der Waals surface area contributed by atoms with Crippen LogP contribution in [-0.2, 0) is 42.7 Å². The maximum Gasteiger partial charge on any atom is 0.329 e. The fourth-order valence-corrected chi connectivity index (χ4v) is 2.94. The van der Waals surface area contributed by atoms with Crippen molar-refractivity contribution in [3.63, 3.8) is 0 Å². The Labute approximate surface area is 241 Å². The number of carboxylic acid groups (broad SMARTS) is 1. The number of nitro benzene ring substituents is 2. The molecule has 0 saturated heterocycles. The van der Waals surface area contributed by atoms with Crippen LogP contribution in [0.15, 0.2) is 18.2 Å². The van der Waals surface area contributed by atoms with E-state index in [1.54, 1.807) is 0 Å². The molecule has 0 bridgehead atoms. The van der Waals surface area contributed by atoms with Crippen LogP contribution in [0.25, 0.3) is 0 Å². The highest BCUT2D eigenvalue weighted by Gasteiger charge is 2.19. The smallest absolute Gasteiger partial charge is 0.329 e. The van der Waals surface area contributed by atoms with E-state index in [-0.39, 0.29) is 50.0 Å². The molecule has 0 radical (unpaired) electrons. The molecule has 0 saturated carbocycles. The zero-order chi connectivity index (χ0) is 30.8. The van der Waals surface area contributed by atoms with Crippen LogP contribution in [0.3, 0.4) is 0 Å². The van der Waals surface area contributed by atoms with Gasteiger partial charge in [-0.2, -0.15) is 0 Å². The summed E-state index contributed by atoms with van der Waals surface area (Å²) in [7, 11) is 0. The highest BCUT2D eigenvalue weighted by molar-refractivity contribution is 5.77. The van der Waals surface area contributed by atoms with Gasteiger partial charge in [0.15, 0.2) is 0 Å². The SMILES string of the molecule is O=C(O)COCC(=O)NCCOCCOCCOCCOCCOCCOCCNc1ccc([N+](=O)[O-])cc1[N+](=O)[O-]. The van der Waals surface area contributed by atoms with Crippen LogP contribution in [0.2, 0.25) is 0 Å². The molecule has 1 aromatic rings. The highest BCUT2D eigenvalue weighted by atomic mass is 16.6. The van der Waals surface area contributed by atoms with Crippen LogP contribution in [0.4, 0.5) is 17.1 Å². The number of rotatable bonds is 28. The number of benzene rings is 1. The molecule has 18 nitrogen and oxygen atoms in total. The molecular weight excluding hydrogens is 568 g/mol. The molecule has 0 aliphatic rings. The molecule has 0 atom stereocenters. The van der Waals surface area contributed by atoms with Gasteiger partial charge in [-0.25, -0.2) is 4.79 Å². The minimum atomic E-state index is -1.14. The Morgan fingerprint density at radius 3 is 1.60 bits per heavy atom. The first-order chi connectivity index (χ1) is 20.3. The Morgan fingerprint density at radius 1 is 0.667 bits per heavy atom. The number of carbonyl (C=O) groups is 2. The van der Waals surface area contributed by atoms with E-state index < -0.39 is 28.3 Å². The maximum absolute atomic E-state index is 11.3. The predicted molar refractivity (Wildman–Crippen MR) is 145 cm³/mol. The number of ether oxygens (including phenoxy) is 7. The van der Waals surface area contributed by atoms with Crippen molar-refractivity contribution < 1.29 is 57.7 Å². The monoisotopic (exact) mass is 606 g/mol. The summed E-state index contributed by atoms with van der Waals surface area (Å²) in [4.78, 5) is 42.1. The van der Waals surface area contributed by atoms with Crippen molar-refractivity contribution in [1.29, 1.82) is 0 Å². The second-order valence-corrected chi connectivity index (χ2v) is 8.05. The van der Waals surface area contributed by atoms with Gasteiger partial charge in [-0.3, -0.25) is 25.0 Å². The summed E-state index contributed by atoms with van der Waals surface area (Å²) in [6, 6.07) is 3.39. The Balaban J connectivity index is 1.82. The predicted octanol–water partition coefficient (Wildman–Crippen LogP) is 0.232. The van der Waals surface area contributed by atoms with Gasteiger partial charge in [0.2, 0.25) is 5.91 Å². The number of anilines is 1. The van der Waals surface area contributed by atoms with Gasteiger partial charge in [-0.05, 0) is 6.07 Å². The quantitative estimate of drug-likeness (QED) is 0.0658. The van der Waals surface area contributed by atoms with Crippen LogP contribution in [-0.4, -0.2) is 132 Å². The van der Waals surface area contributed by atoms with Crippen molar-refractivity contribution >= 4 is 28.9 Å². The molecule has 0 fully saturated rings. The summed E-state index contributed by atoms with van der Waals surface area (Å²) in [5.74, 6) is -1.56. The molecule has 1 aromatic carbocycles. The summed E-state index contributed by atoms with van der Waals surface area (Å²) in [5.41, 5.74) is -0.562. The number of hydrogen-bond donors (Lipinski definition) is 3. The molecule has 0 aromatic heterocycles. The summed E-state index contributed by atoms with van der Waals surface area (Å²) in [5, 5.41) is 35.6. The van der Waals surface area contributed by atoms with Crippen molar-refractivity contribution in [2.45, 2.75) is 0 Å². The van der Waals surface area contributed by atoms with Gasteiger partial charge >= 0.3 is 5.97 Å². The van der Waals surface area contributed by atoms with E-state index >= 15 is 0 Å². The number of carboxylic acids is 1. The number of carbonyl (C=O) groups excluding carboxylic acids is 1. The Hall–Kier alpha value is -3.52. The van der Waals surface area contributed by atoms with Crippen molar-refractivity contribution in [2.75, 3.05) is 111 Å². The molecule has 18 heteroatoms. The minimum absolute atomic E-state index is 0.172. The third-order valence-corrected chi connectivity index (χ3v) is 4.84. The lowest BCUT2D eigenvalue weighted by molar-refractivity contribution is -0.393. The standard InChI is InChI=1S/C24H38N4O14/c29-23(18-42-19-24(30)31)26-4-6-37-8-10-39-12-14-41-16-15-40-13-11-38-9-7-36-5-3-25-21-2-1-20(27(32)33)17-22(21)28(34)35/h1-2,17,25H,3-16,18-19H2,(H,26,29)(H,30,31). The Bertz CT molecular complexity index is 936. The zero-order valence-electron chi connectivity index (χ0n) is 23.2. The van der Waals surface area contributed by atoms with E-state index in [9.17, 15) is 29.8 Å². The van der Waals surface area contributed by atoms with Gasteiger partial charge in [-0.1, -0.05) is 0 Å². The summed E-state index contributed by atoms with van der Waals surface area (Å²) in [6.45, 7) is 4.00. The van der Waals surface area contributed by atoms with Gasteiger partial charge in [0, 0.05) is 19.2 Å². The van der Waals surface area contributed by atoms with Crippen LogP contribution < -0.4 is 10.6 Å². The van der Waals surface area contributed by atoms with Crippen LogP contribution in [0.5, 0.6) is 0 Å². The fraction of sp³-hybridized carbons (Fsp3) is 0.667. The normalized spacial score (nSPS) is 10.9. The highest BCUT2D eigenvalue weighted by Crippen LogP contribution is 2.28. The molecular formula is C24H38N4O14. The van der Waals surface area contributed by atoms with E-state index in [0.29, 0.717) is 66.1 Å². The number of aliphatic carboxylic acids is 1. The first kappa shape index (κ1) is 36.5. The second kappa shape index (κ2) is 24.1. The summed E-state index contributed by atoms with van der Waals surface area (Å²) >= 11 is 0. The third kappa shape index (κ3) is 19.5. The van der Waals surface area contributed by atoms with E-state index in [2.05, 4.69) is 15.4 Å². The van der Waals surface area contributed by atoms with Crippen LogP contribution in [0.1, 0.15) is 0 Å². The third-order valence-electron chi connectivity index (χ3n) is 4.84. The van der Waals surface area contributed by atoms with Gasteiger partial charge in [0.1, 0.15) is 18.9 Å². The van der Waals surface area contributed by atoms with Crippen molar-refractivity contribution in [2.24, 2.45) is 0 Å². The largest absolute Gasteiger partial charge is 0.480 e. The molecule has 42 heavy (non-hydrogen) atoms. The van der Waals surface area contributed by atoms with Crippen molar-refractivity contribution in [3.05, 3.63) is 38.4 Å². The first-order valence-electron chi connectivity index (χ1n) is 13.0. The number of hydrogen-bond acceptors (Lipinski definition) is 14. The number of amides is 1. The molecule has 238 valence electrons. The Morgan fingerprint density at radius 2 is 1.14 bits per heavy atom.